The lowest BCUT2D eigenvalue weighted by Crippen LogP contribution is -2.24. The van der Waals surface area contributed by atoms with E-state index in [1.807, 2.05) is 0 Å². The first-order valence-corrected chi connectivity index (χ1v) is 8.35. The zero-order chi connectivity index (χ0) is 14.4. The molecule has 1 N–H and O–H groups in total. The summed E-state index contributed by atoms with van der Waals surface area (Å²) in [6.45, 7) is 9.18. The lowest BCUT2D eigenvalue weighted by molar-refractivity contribution is 0.320. The molecule has 0 bridgehead atoms. The smallest absolute Gasteiger partial charge is 0.0630 e. The van der Waals surface area contributed by atoms with Crippen LogP contribution < -0.4 is 5.32 Å². The minimum atomic E-state index is 0.329. The highest BCUT2D eigenvalue weighted by Crippen LogP contribution is 2.30. The van der Waals surface area contributed by atoms with Gasteiger partial charge < -0.3 is 5.32 Å². The van der Waals surface area contributed by atoms with Gasteiger partial charge in [0.1, 0.15) is 0 Å². The van der Waals surface area contributed by atoms with Crippen LogP contribution in [0.5, 0.6) is 0 Å². The van der Waals surface area contributed by atoms with E-state index in [1.165, 1.54) is 44.2 Å². The van der Waals surface area contributed by atoms with E-state index in [4.69, 9.17) is 5.10 Å². The quantitative estimate of drug-likeness (QED) is 0.729. The molecule has 0 atom stereocenters. The molecule has 1 heterocycles. The first-order chi connectivity index (χ1) is 9.61. The summed E-state index contributed by atoms with van der Waals surface area (Å²) in [4.78, 5) is 0. The van der Waals surface area contributed by atoms with Crippen molar-refractivity contribution >= 4 is 0 Å². The fourth-order valence-corrected chi connectivity index (χ4v) is 3.15. The highest BCUT2D eigenvalue weighted by Gasteiger charge is 2.21. The third-order valence-corrected chi connectivity index (χ3v) is 4.43. The Morgan fingerprint density at radius 1 is 1.30 bits per heavy atom. The molecular formula is C17H31N3. The molecule has 114 valence electrons. The Morgan fingerprint density at radius 2 is 2.05 bits per heavy atom. The van der Waals surface area contributed by atoms with E-state index in [1.54, 1.807) is 0 Å². The molecule has 0 amide bonds. The second kappa shape index (κ2) is 7.26. The van der Waals surface area contributed by atoms with Crippen LogP contribution in [0.2, 0.25) is 0 Å². The Balaban J connectivity index is 1.82. The van der Waals surface area contributed by atoms with Gasteiger partial charge in [-0.2, -0.15) is 5.10 Å². The van der Waals surface area contributed by atoms with Crippen LogP contribution in [0.1, 0.15) is 71.0 Å². The van der Waals surface area contributed by atoms with Gasteiger partial charge in [-0.25, -0.2) is 0 Å². The van der Waals surface area contributed by atoms with Crippen molar-refractivity contribution in [2.24, 2.45) is 5.41 Å². The van der Waals surface area contributed by atoms with Gasteiger partial charge in [0.05, 0.1) is 11.7 Å². The predicted molar refractivity (Wildman–Crippen MR) is 85.0 cm³/mol. The largest absolute Gasteiger partial charge is 0.317 e. The Hall–Kier alpha value is -0.830. The maximum absolute atomic E-state index is 4.82. The molecule has 3 heteroatoms. The molecule has 2 rings (SSSR count). The number of hydrogen-bond donors (Lipinski definition) is 1. The van der Waals surface area contributed by atoms with Crippen molar-refractivity contribution < 1.29 is 0 Å². The maximum Gasteiger partial charge on any atom is 0.0630 e. The summed E-state index contributed by atoms with van der Waals surface area (Å²) in [6.07, 6.45) is 11.1. The van der Waals surface area contributed by atoms with Crippen molar-refractivity contribution in [3.8, 4) is 0 Å². The molecule has 1 aromatic heterocycles. The number of nitrogens with zero attached hydrogens (tertiary/aromatic N) is 2. The van der Waals surface area contributed by atoms with Crippen molar-refractivity contribution in [2.45, 2.75) is 71.8 Å². The molecule has 0 unspecified atom stereocenters. The van der Waals surface area contributed by atoms with Crippen molar-refractivity contribution in [1.82, 2.24) is 15.1 Å². The number of nitrogens with one attached hydrogen (secondary N) is 1. The molecule has 0 aromatic carbocycles. The van der Waals surface area contributed by atoms with Crippen LogP contribution in [-0.2, 0) is 6.42 Å². The van der Waals surface area contributed by atoms with Gasteiger partial charge in [-0.1, -0.05) is 33.6 Å². The van der Waals surface area contributed by atoms with E-state index in [2.05, 4.69) is 43.0 Å². The Kier molecular flexibility index (Phi) is 5.64. The fourth-order valence-electron chi connectivity index (χ4n) is 3.15. The molecule has 1 aliphatic carbocycles. The SMILES string of the molecule is CCCNCCC(C)(C)Cc1ccn(C2CCCC2)n1. The summed E-state index contributed by atoms with van der Waals surface area (Å²) in [6, 6.07) is 2.89. The molecular weight excluding hydrogens is 246 g/mol. The zero-order valence-corrected chi connectivity index (χ0v) is 13.5. The van der Waals surface area contributed by atoms with Crippen molar-refractivity contribution in [1.29, 1.82) is 0 Å². The zero-order valence-electron chi connectivity index (χ0n) is 13.5. The van der Waals surface area contributed by atoms with E-state index in [0.29, 0.717) is 11.5 Å². The van der Waals surface area contributed by atoms with Gasteiger partial charge >= 0.3 is 0 Å². The number of aromatic nitrogens is 2. The van der Waals surface area contributed by atoms with Crippen LogP contribution in [0.15, 0.2) is 12.3 Å². The summed E-state index contributed by atoms with van der Waals surface area (Å²) in [7, 11) is 0. The predicted octanol–water partition coefficient (Wildman–Crippen LogP) is 3.96. The second-order valence-corrected chi connectivity index (χ2v) is 7.07. The summed E-state index contributed by atoms with van der Waals surface area (Å²) in [5, 5.41) is 8.32. The molecule has 1 aromatic rings. The van der Waals surface area contributed by atoms with Crippen LogP contribution in [0.25, 0.3) is 0 Å². The van der Waals surface area contributed by atoms with Gasteiger partial charge in [0.15, 0.2) is 0 Å². The van der Waals surface area contributed by atoms with Crippen molar-refractivity contribution in [3.63, 3.8) is 0 Å². The summed E-state index contributed by atoms with van der Waals surface area (Å²) in [5.74, 6) is 0. The molecule has 0 radical (unpaired) electrons. The van der Waals surface area contributed by atoms with Gasteiger partial charge in [-0.15, -0.1) is 0 Å². The highest BCUT2D eigenvalue weighted by molar-refractivity contribution is 5.03. The average molecular weight is 277 g/mol. The minimum Gasteiger partial charge on any atom is -0.317 e. The molecule has 0 aliphatic heterocycles. The van der Waals surface area contributed by atoms with Gasteiger partial charge in [0, 0.05) is 6.20 Å². The average Bonchev–Trinajstić information content (AvgIpc) is 3.04. The summed E-state index contributed by atoms with van der Waals surface area (Å²) < 4.78 is 2.22. The molecule has 3 nitrogen and oxygen atoms in total. The normalized spacial score (nSPS) is 16.9. The van der Waals surface area contributed by atoms with Crippen molar-refractivity contribution in [2.75, 3.05) is 13.1 Å². The summed E-state index contributed by atoms with van der Waals surface area (Å²) in [5.41, 5.74) is 1.59. The Morgan fingerprint density at radius 3 is 2.75 bits per heavy atom. The molecule has 1 saturated carbocycles. The lowest BCUT2D eigenvalue weighted by Gasteiger charge is -2.23. The van der Waals surface area contributed by atoms with Crippen molar-refractivity contribution in [3.05, 3.63) is 18.0 Å². The molecule has 0 spiro atoms. The van der Waals surface area contributed by atoms with Crippen LogP contribution in [0.4, 0.5) is 0 Å². The number of hydrogen-bond acceptors (Lipinski definition) is 2. The fraction of sp³-hybridized carbons (Fsp3) is 0.824. The standard InChI is InChI=1S/C17H31N3/c1-4-11-18-12-10-17(2,3)14-15-9-13-20(19-15)16-7-5-6-8-16/h9,13,16,18H,4-8,10-12,14H2,1-3H3. The molecule has 20 heavy (non-hydrogen) atoms. The monoisotopic (exact) mass is 277 g/mol. The Labute approximate surface area is 124 Å². The van der Waals surface area contributed by atoms with E-state index >= 15 is 0 Å². The Bertz CT molecular complexity index is 389. The van der Waals surface area contributed by atoms with Gasteiger partial charge in [0.25, 0.3) is 0 Å². The topological polar surface area (TPSA) is 29.9 Å². The van der Waals surface area contributed by atoms with E-state index in [-0.39, 0.29) is 0 Å². The maximum atomic E-state index is 4.82. The first-order valence-electron chi connectivity index (χ1n) is 8.35. The van der Waals surface area contributed by atoms with Gasteiger partial charge in [-0.05, 0) is 56.7 Å². The van der Waals surface area contributed by atoms with E-state index in [9.17, 15) is 0 Å². The van der Waals surface area contributed by atoms with Crippen LogP contribution in [0, 0.1) is 5.41 Å². The van der Waals surface area contributed by atoms with Gasteiger partial charge in [-0.3, -0.25) is 4.68 Å². The molecule has 1 fully saturated rings. The van der Waals surface area contributed by atoms with E-state index in [0.717, 1.165) is 19.5 Å². The lowest BCUT2D eigenvalue weighted by atomic mass is 9.84. The third-order valence-electron chi connectivity index (χ3n) is 4.43. The van der Waals surface area contributed by atoms with Crippen LogP contribution in [-0.4, -0.2) is 22.9 Å². The van der Waals surface area contributed by atoms with Crippen LogP contribution >= 0.6 is 0 Å². The van der Waals surface area contributed by atoms with E-state index < -0.39 is 0 Å². The highest BCUT2D eigenvalue weighted by atomic mass is 15.3. The third kappa shape index (κ3) is 4.62. The minimum absolute atomic E-state index is 0.329. The molecule has 1 aliphatic rings. The van der Waals surface area contributed by atoms with Gasteiger partial charge in [0.2, 0.25) is 0 Å². The number of rotatable bonds is 8. The molecule has 0 saturated heterocycles. The van der Waals surface area contributed by atoms with Crippen LogP contribution in [0.3, 0.4) is 0 Å². The first kappa shape index (κ1) is 15.6. The summed E-state index contributed by atoms with van der Waals surface area (Å²) >= 11 is 0. The second-order valence-electron chi connectivity index (χ2n) is 7.07.